The number of halogens is 1. The summed E-state index contributed by atoms with van der Waals surface area (Å²) in [5.74, 6) is 0.776. The maximum absolute atomic E-state index is 6.10. The highest BCUT2D eigenvalue weighted by Gasteiger charge is 2.00. The summed E-state index contributed by atoms with van der Waals surface area (Å²) in [6, 6.07) is 15.3. The SMILES string of the molecule is CCNC(=S)N/N=C\c1ccc(OCc2ccccc2Cl)cc1. The zero-order valence-corrected chi connectivity index (χ0v) is 14.3. The zero-order chi connectivity index (χ0) is 16.5. The number of rotatable bonds is 6. The van der Waals surface area contributed by atoms with Gasteiger partial charge in [0.15, 0.2) is 5.11 Å². The number of hydrazone groups is 1. The summed E-state index contributed by atoms with van der Waals surface area (Å²) in [4.78, 5) is 0. The normalized spacial score (nSPS) is 10.5. The smallest absolute Gasteiger partial charge is 0.186 e. The molecule has 0 aromatic heterocycles. The monoisotopic (exact) mass is 347 g/mol. The second-order valence-corrected chi connectivity index (χ2v) is 5.49. The van der Waals surface area contributed by atoms with Crippen molar-refractivity contribution in [3.05, 3.63) is 64.7 Å². The lowest BCUT2D eigenvalue weighted by atomic mass is 10.2. The molecule has 0 heterocycles. The standard InChI is InChI=1S/C17H18ClN3OS/c1-2-19-17(23)21-20-11-13-7-9-15(10-8-13)22-12-14-5-3-4-6-16(14)18/h3-11H,2,12H2,1H3,(H2,19,21,23)/b20-11-. The van der Waals surface area contributed by atoms with Crippen LogP contribution in [0.4, 0.5) is 0 Å². The molecule has 2 aromatic rings. The Bertz CT molecular complexity index is 674. The van der Waals surface area contributed by atoms with Crippen molar-refractivity contribution in [1.29, 1.82) is 0 Å². The van der Waals surface area contributed by atoms with Gasteiger partial charge in [0, 0.05) is 17.1 Å². The van der Waals surface area contributed by atoms with Crippen molar-refractivity contribution >= 4 is 35.1 Å². The van der Waals surface area contributed by atoms with E-state index >= 15 is 0 Å². The summed E-state index contributed by atoms with van der Waals surface area (Å²) < 4.78 is 5.73. The van der Waals surface area contributed by atoms with Crippen LogP contribution in [-0.4, -0.2) is 17.9 Å². The van der Waals surface area contributed by atoms with Crippen LogP contribution in [0, 0.1) is 0 Å². The van der Waals surface area contributed by atoms with Gasteiger partial charge in [0.25, 0.3) is 0 Å². The molecule has 0 saturated heterocycles. The molecule has 0 spiro atoms. The molecule has 4 nitrogen and oxygen atoms in total. The van der Waals surface area contributed by atoms with Crippen molar-refractivity contribution in [3.8, 4) is 5.75 Å². The highest BCUT2D eigenvalue weighted by Crippen LogP contribution is 2.18. The summed E-state index contributed by atoms with van der Waals surface area (Å²) in [6.07, 6.45) is 1.70. The highest BCUT2D eigenvalue weighted by atomic mass is 35.5. The van der Waals surface area contributed by atoms with Gasteiger partial charge in [-0.3, -0.25) is 5.43 Å². The van der Waals surface area contributed by atoms with E-state index in [9.17, 15) is 0 Å². The molecule has 2 N–H and O–H groups in total. The van der Waals surface area contributed by atoms with Crippen molar-refractivity contribution in [3.63, 3.8) is 0 Å². The van der Waals surface area contributed by atoms with E-state index in [1.165, 1.54) is 0 Å². The van der Waals surface area contributed by atoms with Gasteiger partial charge in [0.2, 0.25) is 0 Å². The van der Waals surface area contributed by atoms with Gasteiger partial charge in [0.05, 0.1) is 6.21 Å². The average molecular weight is 348 g/mol. The van der Waals surface area contributed by atoms with E-state index in [1.54, 1.807) is 6.21 Å². The topological polar surface area (TPSA) is 45.7 Å². The Morgan fingerprint density at radius 2 is 1.96 bits per heavy atom. The highest BCUT2D eigenvalue weighted by molar-refractivity contribution is 7.80. The number of ether oxygens (including phenoxy) is 1. The van der Waals surface area contributed by atoms with Gasteiger partial charge in [0.1, 0.15) is 12.4 Å². The molecule has 120 valence electrons. The van der Waals surface area contributed by atoms with Gasteiger partial charge in [-0.2, -0.15) is 5.10 Å². The Hall–Kier alpha value is -2.11. The molecular weight excluding hydrogens is 330 g/mol. The summed E-state index contributed by atoms with van der Waals surface area (Å²) >= 11 is 11.1. The van der Waals surface area contributed by atoms with E-state index in [0.29, 0.717) is 16.7 Å². The number of nitrogens with zero attached hydrogens (tertiary/aromatic N) is 1. The predicted molar refractivity (Wildman–Crippen MR) is 99.2 cm³/mol. The van der Waals surface area contributed by atoms with Crippen LogP contribution in [0.1, 0.15) is 18.1 Å². The van der Waals surface area contributed by atoms with Crippen LogP contribution in [0.2, 0.25) is 5.02 Å². The molecular formula is C17H18ClN3OS. The van der Waals surface area contributed by atoms with E-state index in [-0.39, 0.29) is 0 Å². The molecule has 0 fully saturated rings. The summed E-state index contributed by atoms with van der Waals surface area (Å²) in [7, 11) is 0. The van der Waals surface area contributed by atoms with Crippen LogP contribution >= 0.6 is 23.8 Å². The fourth-order valence-corrected chi connectivity index (χ4v) is 2.18. The molecule has 2 rings (SSSR count). The van der Waals surface area contributed by atoms with Gasteiger partial charge in [-0.25, -0.2) is 0 Å². The van der Waals surface area contributed by atoms with E-state index in [4.69, 9.17) is 28.6 Å². The molecule has 0 bridgehead atoms. The third-order valence-electron chi connectivity index (χ3n) is 2.95. The lowest BCUT2D eigenvalue weighted by Gasteiger charge is -2.08. The molecule has 0 radical (unpaired) electrons. The summed E-state index contributed by atoms with van der Waals surface area (Å²) in [6.45, 7) is 3.17. The minimum absolute atomic E-state index is 0.436. The van der Waals surface area contributed by atoms with E-state index in [1.807, 2.05) is 55.5 Å². The molecule has 0 amide bonds. The first kappa shape index (κ1) is 17.2. The molecule has 0 saturated carbocycles. The van der Waals surface area contributed by atoms with Crippen LogP contribution in [-0.2, 0) is 6.61 Å². The number of hydrogen-bond donors (Lipinski definition) is 2. The second kappa shape index (κ2) is 9.12. The second-order valence-electron chi connectivity index (χ2n) is 4.68. The van der Waals surface area contributed by atoms with Gasteiger partial charge in [-0.1, -0.05) is 29.8 Å². The van der Waals surface area contributed by atoms with Crippen LogP contribution < -0.4 is 15.5 Å². The Balaban J connectivity index is 1.86. The minimum Gasteiger partial charge on any atom is -0.489 e. The number of thiocarbonyl (C=S) groups is 1. The Kier molecular flexibility index (Phi) is 6.84. The van der Waals surface area contributed by atoms with Crippen LogP contribution in [0.15, 0.2) is 53.6 Å². The summed E-state index contributed by atoms with van der Waals surface area (Å²) in [5.41, 5.74) is 4.65. The zero-order valence-electron chi connectivity index (χ0n) is 12.8. The molecule has 0 unspecified atom stereocenters. The van der Waals surface area contributed by atoms with Gasteiger partial charge in [-0.05, 0) is 55.0 Å². The van der Waals surface area contributed by atoms with Gasteiger partial charge < -0.3 is 10.1 Å². The molecule has 0 aliphatic rings. The predicted octanol–water partition coefficient (Wildman–Crippen LogP) is 3.74. The first-order chi connectivity index (χ1) is 11.2. The number of hydrogen-bond acceptors (Lipinski definition) is 3. The Morgan fingerprint density at radius 3 is 2.65 bits per heavy atom. The maximum Gasteiger partial charge on any atom is 0.186 e. The van der Waals surface area contributed by atoms with Crippen molar-refractivity contribution in [1.82, 2.24) is 10.7 Å². The fourth-order valence-electron chi connectivity index (χ4n) is 1.79. The first-order valence-corrected chi connectivity index (χ1v) is 8.01. The van der Waals surface area contributed by atoms with Crippen molar-refractivity contribution in [2.24, 2.45) is 5.10 Å². The lowest BCUT2D eigenvalue weighted by Crippen LogP contribution is -2.31. The van der Waals surface area contributed by atoms with Crippen molar-refractivity contribution < 1.29 is 4.74 Å². The lowest BCUT2D eigenvalue weighted by molar-refractivity contribution is 0.306. The molecule has 0 atom stereocenters. The van der Waals surface area contributed by atoms with Crippen molar-refractivity contribution in [2.75, 3.05) is 6.54 Å². The number of nitrogens with one attached hydrogen (secondary N) is 2. The number of benzene rings is 2. The van der Waals surface area contributed by atoms with E-state index in [0.717, 1.165) is 23.4 Å². The average Bonchev–Trinajstić information content (AvgIpc) is 2.56. The fraction of sp³-hybridized carbons (Fsp3) is 0.176. The minimum atomic E-state index is 0.436. The largest absolute Gasteiger partial charge is 0.489 e. The Labute approximate surface area is 146 Å². The third kappa shape index (κ3) is 5.88. The van der Waals surface area contributed by atoms with Crippen LogP contribution in [0.5, 0.6) is 5.75 Å². The molecule has 0 aliphatic carbocycles. The van der Waals surface area contributed by atoms with Crippen molar-refractivity contribution in [2.45, 2.75) is 13.5 Å². The molecule has 6 heteroatoms. The van der Waals surface area contributed by atoms with Gasteiger partial charge in [-0.15, -0.1) is 0 Å². The van der Waals surface area contributed by atoms with E-state index in [2.05, 4.69) is 15.8 Å². The quantitative estimate of drug-likeness (QED) is 0.475. The van der Waals surface area contributed by atoms with Crippen LogP contribution in [0.3, 0.4) is 0 Å². The Morgan fingerprint density at radius 1 is 1.22 bits per heavy atom. The summed E-state index contributed by atoms with van der Waals surface area (Å²) in [5, 5.41) is 8.22. The molecule has 0 aliphatic heterocycles. The maximum atomic E-state index is 6.10. The van der Waals surface area contributed by atoms with Gasteiger partial charge >= 0.3 is 0 Å². The first-order valence-electron chi connectivity index (χ1n) is 7.22. The third-order valence-corrected chi connectivity index (χ3v) is 3.55. The molecule has 2 aromatic carbocycles. The van der Waals surface area contributed by atoms with Crippen LogP contribution in [0.25, 0.3) is 0 Å². The van der Waals surface area contributed by atoms with E-state index < -0.39 is 0 Å². The molecule has 23 heavy (non-hydrogen) atoms.